The van der Waals surface area contributed by atoms with Gasteiger partial charge in [-0.1, -0.05) is 20.8 Å². The first kappa shape index (κ1) is 13.2. The minimum Gasteiger partial charge on any atom is -0.465 e. The molecule has 0 unspecified atom stereocenters. The highest BCUT2D eigenvalue weighted by Crippen LogP contribution is 2.13. The van der Waals surface area contributed by atoms with Gasteiger partial charge in [0.1, 0.15) is 5.76 Å². The van der Waals surface area contributed by atoms with Crippen molar-refractivity contribution >= 4 is 17.8 Å². The van der Waals surface area contributed by atoms with Crippen LogP contribution in [0.1, 0.15) is 26.5 Å². The van der Waals surface area contributed by atoms with E-state index in [1.165, 1.54) is 12.3 Å². The fourth-order valence-electron chi connectivity index (χ4n) is 1.04. The van der Waals surface area contributed by atoms with Crippen molar-refractivity contribution in [3.63, 3.8) is 0 Å². The van der Waals surface area contributed by atoms with Gasteiger partial charge in [0.2, 0.25) is 5.91 Å². The lowest BCUT2D eigenvalue weighted by Gasteiger charge is -2.16. The zero-order valence-electron chi connectivity index (χ0n) is 10.3. The maximum Gasteiger partial charge on any atom is 0.244 e. The zero-order chi connectivity index (χ0) is 12.9. The first-order chi connectivity index (χ1) is 7.89. The summed E-state index contributed by atoms with van der Waals surface area (Å²) in [5, 5.41) is 2.53. The van der Waals surface area contributed by atoms with Gasteiger partial charge in [-0.25, -0.2) is 0 Å². The molecule has 1 rings (SSSR count). The van der Waals surface area contributed by atoms with Gasteiger partial charge in [0.05, 0.1) is 12.8 Å². The molecule has 0 fully saturated rings. The lowest BCUT2D eigenvalue weighted by molar-refractivity contribution is -0.127. The van der Waals surface area contributed by atoms with Crippen LogP contribution in [0.25, 0.3) is 6.08 Å². The monoisotopic (exact) mass is 235 g/mol. The highest BCUT2D eigenvalue weighted by molar-refractivity contribution is 5.95. The second kappa shape index (κ2) is 5.48. The minimum atomic E-state index is -0.433. The molecule has 0 radical (unpaired) electrons. The molecular weight excluding hydrogens is 218 g/mol. The largest absolute Gasteiger partial charge is 0.465 e. The van der Waals surface area contributed by atoms with Gasteiger partial charge >= 0.3 is 0 Å². The highest BCUT2D eigenvalue weighted by atomic mass is 16.3. The van der Waals surface area contributed by atoms with Crippen molar-refractivity contribution in [2.24, 2.45) is 5.41 Å². The zero-order valence-corrected chi connectivity index (χ0v) is 10.3. The van der Waals surface area contributed by atoms with Gasteiger partial charge in [-0.3, -0.25) is 9.59 Å². The van der Waals surface area contributed by atoms with E-state index < -0.39 is 5.41 Å². The summed E-state index contributed by atoms with van der Waals surface area (Å²) in [7, 11) is 0. The molecule has 0 saturated heterocycles. The molecule has 92 valence electrons. The molecule has 0 aliphatic rings. The summed E-state index contributed by atoms with van der Waals surface area (Å²) in [6.07, 6.45) is 4.42. The maximum absolute atomic E-state index is 11.5. The summed E-state index contributed by atoms with van der Waals surface area (Å²) in [4.78, 5) is 22.9. The van der Waals surface area contributed by atoms with Crippen molar-refractivity contribution in [1.29, 1.82) is 0 Å². The van der Waals surface area contributed by atoms with Gasteiger partial charge in [0.25, 0.3) is 0 Å². The third-order valence-corrected chi connectivity index (χ3v) is 2.20. The summed E-state index contributed by atoms with van der Waals surface area (Å²) < 4.78 is 5.03. The molecular formula is C13H17NO3. The predicted octanol–water partition coefficient (Wildman–Crippen LogP) is 2.02. The van der Waals surface area contributed by atoms with Crippen molar-refractivity contribution in [2.45, 2.75) is 20.8 Å². The van der Waals surface area contributed by atoms with E-state index in [1.807, 2.05) is 20.8 Å². The molecule has 1 amide bonds. The standard InChI is InChI=1S/C13H17NO3/c1-13(2,3)11(15)9-14-12(16)7-6-10-5-4-8-17-10/h4-8H,9H2,1-3H3,(H,14,16). The molecule has 0 aliphatic carbocycles. The van der Waals surface area contributed by atoms with Crippen molar-refractivity contribution in [3.05, 3.63) is 30.2 Å². The van der Waals surface area contributed by atoms with E-state index in [4.69, 9.17) is 4.42 Å². The molecule has 4 nitrogen and oxygen atoms in total. The van der Waals surface area contributed by atoms with E-state index in [9.17, 15) is 9.59 Å². The fraction of sp³-hybridized carbons (Fsp3) is 0.385. The van der Waals surface area contributed by atoms with E-state index in [0.717, 1.165) is 0 Å². The lowest BCUT2D eigenvalue weighted by Crippen LogP contribution is -2.34. The molecule has 0 saturated carbocycles. The Kier molecular flexibility index (Phi) is 4.26. The number of rotatable bonds is 4. The third kappa shape index (κ3) is 4.68. The van der Waals surface area contributed by atoms with Crippen LogP contribution in [0.4, 0.5) is 0 Å². The number of carbonyl (C=O) groups excluding carboxylic acids is 2. The van der Waals surface area contributed by atoms with Crippen LogP contribution in [0.2, 0.25) is 0 Å². The first-order valence-corrected chi connectivity index (χ1v) is 5.42. The molecule has 1 aromatic rings. The van der Waals surface area contributed by atoms with E-state index in [0.29, 0.717) is 5.76 Å². The SMILES string of the molecule is CC(C)(C)C(=O)CNC(=O)C=Cc1ccco1. The predicted molar refractivity (Wildman–Crippen MR) is 65.2 cm³/mol. The summed E-state index contributed by atoms with van der Waals surface area (Å²) >= 11 is 0. The normalized spacial score (nSPS) is 11.7. The molecule has 0 spiro atoms. The number of ketones is 1. The van der Waals surface area contributed by atoms with E-state index in [-0.39, 0.29) is 18.2 Å². The molecule has 0 aliphatic heterocycles. The summed E-state index contributed by atoms with van der Waals surface area (Å²) in [6.45, 7) is 5.51. The maximum atomic E-state index is 11.5. The number of nitrogens with one attached hydrogen (secondary N) is 1. The minimum absolute atomic E-state index is 0.00255. The Labute approximate surface area is 101 Å². The highest BCUT2D eigenvalue weighted by Gasteiger charge is 2.20. The van der Waals surface area contributed by atoms with Crippen LogP contribution in [0.15, 0.2) is 28.9 Å². The average Bonchev–Trinajstić information content (AvgIpc) is 2.74. The van der Waals surface area contributed by atoms with Crippen LogP contribution in [0.5, 0.6) is 0 Å². The number of furan rings is 1. The number of carbonyl (C=O) groups is 2. The molecule has 0 aromatic carbocycles. The Morgan fingerprint density at radius 3 is 2.65 bits per heavy atom. The first-order valence-electron chi connectivity index (χ1n) is 5.42. The van der Waals surface area contributed by atoms with Gasteiger partial charge in [0.15, 0.2) is 5.78 Å². The lowest BCUT2D eigenvalue weighted by atomic mass is 9.91. The van der Waals surface area contributed by atoms with Crippen molar-refractivity contribution < 1.29 is 14.0 Å². The Balaban J connectivity index is 2.39. The molecule has 1 N–H and O–H groups in total. The van der Waals surface area contributed by atoms with Crippen molar-refractivity contribution in [3.8, 4) is 0 Å². The van der Waals surface area contributed by atoms with Crippen LogP contribution in [-0.4, -0.2) is 18.2 Å². The Hall–Kier alpha value is -1.84. The van der Waals surface area contributed by atoms with E-state index in [1.54, 1.807) is 18.2 Å². The summed E-state index contributed by atoms with van der Waals surface area (Å²) in [6, 6.07) is 3.48. The van der Waals surface area contributed by atoms with Crippen molar-refractivity contribution in [1.82, 2.24) is 5.32 Å². The van der Waals surface area contributed by atoms with Gasteiger partial charge in [0, 0.05) is 11.5 Å². The smallest absolute Gasteiger partial charge is 0.244 e. The van der Waals surface area contributed by atoms with Gasteiger partial charge in [-0.2, -0.15) is 0 Å². The summed E-state index contributed by atoms with van der Waals surface area (Å²) in [5.41, 5.74) is -0.433. The molecule has 1 heterocycles. The Morgan fingerprint density at radius 2 is 2.12 bits per heavy atom. The number of hydrogen-bond acceptors (Lipinski definition) is 3. The molecule has 1 aromatic heterocycles. The summed E-state index contributed by atoms with van der Waals surface area (Å²) in [5.74, 6) is 0.290. The second-order valence-electron chi connectivity index (χ2n) is 4.74. The van der Waals surface area contributed by atoms with Crippen LogP contribution < -0.4 is 5.32 Å². The Morgan fingerprint density at radius 1 is 1.41 bits per heavy atom. The van der Waals surface area contributed by atoms with Crippen LogP contribution in [0, 0.1) is 5.41 Å². The van der Waals surface area contributed by atoms with Gasteiger partial charge in [-0.05, 0) is 18.2 Å². The molecule has 17 heavy (non-hydrogen) atoms. The number of Topliss-reactive ketones (excluding diaryl/α,β-unsaturated/α-hetero) is 1. The van der Waals surface area contributed by atoms with Crippen LogP contribution >= 0.6 is 0 Å². The Bertz CT molecular complexity index is 410. The van der Waals surface area contributed by atoms with E-state index in [2.05, 4.69) is 5.32 Å². The quantitative estimate of drug-likeness (QED) is 0.812. The average molecular weight is 235 g/mol. The second-order valence-corrected chi connectivity index (χ2v) is 4.74. The van der Waals surface area contributed by atoms with Gasteiger partial charge in [-0.15, -0.1) is 0 Å². The third-order valence-electron chi connectivity index (χ3n) is 2.20. The molecule has 0 bridgehead atoms. The van der Waals surface area contributed by atoms with Gasteiger partial charge < -0.3 is 9.73 Å². The number of hydrogen-bond donors (Lipinski definition) is 1. The van der Waals surface area contributed by atoms with Crippen LogP contribution in [0.3, 0.4) is 0 Å². The topological polar surface area (TPSA) is 59.3 Å². The van der Waals surface area contributed by atoms with Crippen LogP contribution in [-0.2, 0) is 9.59 Å². The van der Waals surface area contributed by atoms with E-state index >= 15 is 0 Å². The molecule has 4 heteroatoms. The fourth-order valence-corrected chi connectivity index (χ4v) is 1.04. The molecule has 0 atom stereocenters. The number of amides is 1. The van der Waals surface area contributed by atoms with Crippen molar-refractivity contribution in [2.75, 3.05) is 6.54 Å².